The quantitative estimate of drug-likeness (QED) is 0.196. The number of aromatic nitrogens is 4. The average Bonchev–Trinajstić information content (AvgIpc) is 3.45. The summed E-state index contributed by atoms with van der Waals surface area (Å²) in [5.41, 5.74) is 6.88. The van der Waals surface area contributed by atoms with Crippen LogP contribution in [0.25, 0.3) is 0 Å². The number of rotatable bonds is 12. The summed E-state index contributed by atoms with van der Waals surface area (Å²) in [4.78, 5) is 62.8. The van der Waals surface area contributed by atoms with Crippen LogP contribution in [0.3, 0.4) is 0 Å². The van der Waals surface area contributed by atoms with Gasteiger partial charge in [0, 0.05) is 36.6 Å². The summed E-state index contributed by atoms with van der Waals surface area (Å²) in [6.07, 6.45) is 5.76. The first-order valence-corrected chi connectivity index (χ1v) is 10.4. The number of amides is 3. The lowest BCUT2D eigenvalue weighted by Crippen LogP contribution is -2.57. The van der Waals surface area contributed by atoms with E-state index in [1.54, 1.807) is 13.8 Å². The number of aromatic amines is 2. The molecule has 2 heterocycles. The van der Waals surface area contributed by atoms with E-state index in [1.807, 2.05) is 0 Å². The van der Waals surface area contributed by atoms with Crippen LogP contribution in [0.4, 0.5) is 0 Å². The Labute approximate surface area is 190 Å². The van der Waals surface area contributed by atoms with Crippen molar-refractivity contribution in [3.63, 3.8) is 0 Å². The largest absolute Gasteiger partial charge is 0.480 e. The third-order valence-corrected chi connectivity index (χ3v) is 4.98. The first-order chi connectivity index (χ1) is 15.6. The maximum atomic E-state index is 12.9. The predicted octanol–water partition coefficient (Wildman–Crippen LogP) is -1.54. The highest BCUT2D eigenvalue weighted by Crippen LogP contribution is 2.04. The fourth-order valence-corrected chi connectivity index (χ4v) is 2.89. The van der Waals surface area contributed by atoms with Crippen molar-refractivity contribution < 1.29 is 24.3 Å². The zero-order valence-electron chi connectivity index (χ0n) is 18.7. The molecule has 3 amide bonds. The minimum atomic E-state index is -1.25. The second-order valence-corrected chi connectivity index (χ2v) is 8.02. The molecular formula is C20H30N8O5. The second kappa shape index (κ2) is 11.8. The third-order valence-electron chi connectivity index (χ3n) is 4.98. The Morgan fingerprint density at radius 2 is 1.39 bits per heavy atom. The highest BCUT2D eigenvalue weighted by atomic mass is 16.4. The van der Waals surface area contributed by atoms with Crippen molar-refractivity contribution in [2.24, 2.45) is 11.7 Å². The Bertz CT molecular complexity index is 928. The van der Waals surface area contributed by atoms with Gasteiger partial charge >= 0.3 is 5.97 Å². The summed E-state index contributed by atoms with van der Waals surface area (Å²) in [6.45, 7) is 5.02. The summed E-state index contributed by atoms with van der Waals surface area (Å²) < 4.78 is 0. The topological polar surface area (TPSA) is 208 Å². The van der Waals surface area contributed by atoms with Crippen LogP contribution in [-0.4, -0.2) is 72.9 Å². The number of hydrogen-bond acceptors (Lipinski definition) is 7. The molecule has 4 unspecified atom stereocenters. The SMILES string of the molecule is CC(NC(=O)C(N)C(C)C)C(=O)NC(Cc1cnc[nH]1)C(=O)NC(Cc1cnc[nH]1)C(=O)O. The Kier molecular flexibility index (Phi) is 9.09. The first kappa shape index (κ1) is 25.5. The molecule has 13 heteroatoms. The number of carboxylic acid groups (broad SMARTS) is 1. The van der Waals surface area contributed by atoms with Crippen LogP contribution in [0.5, 0.6) is 0 Å². The van der Waals surface area contributed by atoms with Crippen LogP contribution in [0.15, 0.2) is 25.0 Å². The van der Waals surface area contributed by atoms with Crippen molar-refractivity contribution in [2.75, 3.05) is 0 Å². The van der Waals surface area contributed by atoms with Gasteiger partial charge in [-0.3, -0.25) is 14.4 Å². The fourth-order valence-electron chi connectivity index (χ4n) is 2.89. The number of aliphatic carboxylic acids is 1. The van der Waals surface area contributed by atoms with Gasteiger partial charge in [-0.1, -0.05) is 13.8 Å². The molecule has 0 saturated carbocycles. The van der Waals surface area contributed by atoms with Gasteiger partial charge in [0.15, 0.2) is 0 Å². The molecule has 0 aliphatic heterocycles. The molecule has 2 rings (SSSR count). The summed E-state index contributed by atoms with van der Waals surface area (Å²) in [7, 11) is 0. The number of nitrogens with two attached hydrogens (primary N) is 1. The van der Waals surface area contributed by atoms with Gasteiger partial charge in [0.05, 0.1) is 18.7 Å². The van der Waals surface area contributed by atoms with E-state index in [4.69, 9.17) is 5.73 Å². The molecule has 0 aromatic carbocycles. The first-order valence-electron chi connectivity index (χ1n) is 10.4. The molecule has 2 aromatic rings. The van der Waals surface area contributed by atoms with Gasteiger partial charge in [-0.15, -0.1) is 0 Å². The van der Waals surface area contributed by atoms with E-state index < -0.39 is 47.9 Å². The number of H-pyrrole nitrogens is 2. The van der Waals surface area contributed by atoms with Crippen molar-refractivity contribution in [3.8, 4) is 0 Å². The number of nitrogens with one attached hydrogen (secondary N) is 5. The second-order valence-electron chi connectivity index (χ2n) is 8.02. The molecule has 4 atom stereocenters. The maximum Gasteiger partial charge on any atom is 0.326 e. The van der Waals surface area contributed by atoms with E-state index in [1.165, 1.54) is 32.0 Å². The fraction of sp³-hybridized carbons (Fsp3) is 0.500. The predicted molar refractivity (Wildman–Crippen MR) is 116 cm³/mol. The van der Waals surface area contributed by atoms with Crippen LogP contribution in [-0.2, 0) is 32.0 Å². The van der Waals surface area contributed by atoms with Gasteiger partial charge in [0.2, 0.25) is 17.7 Å². The van der Waals surface area contributed by atoms with Crippen LogP contribution in [0.1, 0.15) is 32.2 Å². The summed E-state index contributed by atoms with van der Waals surface area (Å²) >= 11 is 0. The lowest BCUT2D eigenvalue weighted by atomic mass is 10.0. The smallest absolute Gasteiger partial charge is 0.326 e. The molecule has 0 bridgehead atoms. The van der Waals surface area contributed by atoms with Crippen LogP contribution in [0, 0.1) is 5.92 Å². The highest BCUT2D eigenvalue weighted by Gasteiger charge is 2.30. The van der Waals surface area contributed by atoms with Crippen molar-refractivity contribution in [1.29, 1.82) is 0 Å². The number of hydrogen-bond donors (Lipinski definition) is 7. The lowest BCUT2D eigenvalue weighted by molar-refractivity contribution is -0.142. The molecule has 8 N–H and O–H groups in total. The van der Waals surface area contributed by atoms with Gasteiger partial charge in [-0.25, -0.2) is 14.8 Å². The molecule has 2 aromatic heterocycles. The number of imidazole rings is 2. The standard InChI is InChI=1S/C20H30N8O5/c1-10(2)16(21)19(31)26-11(3)17(29)27-14(4-12-6-22-8-24-12)18(30)28-15(20(32)33)5-13-7-23-9-25-13/h6-11,14-16H,4-5,21H2,1-3H3,(H,22,24)(H,23,25)(H,26,31)(H,27,29)(H,28,30)(H,32,33). The summed E-state index contributed by atoms with van der Waals surface area (Å²) in [5, 5.41) is 17.0. The van der Waals surface area contributed by atoms with E-state index in [2.05, 4.69) is 35.9 Å². The lowest BCUT2D eigenvalue weighted by Gasteiger charge is -2.24. The molecule has 0 aliphatic carbocycles. The molecule has 180 valence electrons. The Morgan fingerprint density at radius 1 is 0.879 bits per heavy atom. The minimum Gasteiger partial charge on any atom is -0.480 e. The molecule has 0 radical (unpaired) electrons. The highest BCUT2D eigenvalue weighted by molar-refractivity contribution is 5.94. The van der Waals surface area contributed by atoms with E-state index in [-0.39, 0.29) is 18.8 Å². The Morgan fingerprint density at radius 3 is 1.85 bits per heavy atom. The Balaban J connectivity index is 2.09. The molecule has 13 nitrogen and oxygen atoms in total. The van der Waals surface area contributed by atoms with Gasteiger partial charge in [-0.05, 0) is 12.8 Å². The molecule has 0 saturated heterocycles. The molecule has 33 heavy (non-hydrogen) atoms. The minimum absolute atomic E-state index is 0.0225. The number of carboxylic acids is 1. The van der Waals surface area contributed by atoms with Crippen LogP contribution < -0.4 is 21.7 Å². The normalized spacial score (nSPS) is 14.7. The third kappa shape index (κ3) is 7.71. The van der Waals surface area contributed by atoms with E-state index in [9.17, 15) is 24.3 Å². The average molecular weight is 463 g/mol. The zero-order chi connectivity index (χ0) is 24.5. The van der Waals surface area contributed by atoms with Crippen molar-refractivity contribution in [2.45, 2.75) is 57.8 Å². The number of carbonyl (C=O) groups is 4. The van der Waals surface area contributed by atoms with E-state index in [0.29, 0.717) is 11.4 Å². The van der Waals surface area contributed by atoms with Crippen LogP contribution in [0.2, 0.25) is 0 Å². The van der Waals surface area contributed by atoms with Crippen molar-refractivity contribution in [3.05, 3.63) is 36.4 Å². The zero-order valence-corrected chi connectivity index (χ0v) is 18.7. The molecule has 0 spiro atoms. The number of carbonyl (C=O) groups excluding carboxylic acids is 3. The number of nitrogens with zero attached hydrogens (tertiary/aromatic N) is 2. The molecule has 0 fully saturated rings. The molecular weight excluding hydrogens is 432 g/mol. The van der Waals surface area contributed by atoms with Crippen molar-refractivity contribution >= 4 is 23.7 Å². The van der Waals surface area contributed by atoms with Crippen LogP contribution >= 0.6 is 0 Å². The molecule has 0 aliphatic rings. The van der Waals surface area contributed by atoms with Gasteiger partial charge in [-0.2, -0.15) is 0 Å². The Hall–Kier alpha value is -3.74. The maximum absolute atomic E-state index is 12.9. The van der Waals surface area contributed by atoms with Gasteiger partial charge < -0.3 is 36.8 Å². The van der Waals surface area contributed by atoms with Gasteiger partial charge in [0.1, 0.15) is 18.1 Å². The van der Waals surface area contributed by atoms with E-state index in [0.717, 1.165) is 0 Å². The summed E-state index contributed by atoms with van der Waals surface area (Å²) in [6, 6.07) is -4.14. The monoisotopic (exact) mass is 462 g/mol. The summed E-state index contributed by atoms with van der Waals surface area (Å²) in [5.74, 6) is -3.19. The van der Waals surface area contributed by atoms with Gasteiger partial charge in [0.25, 0.3) is 0 Å². The van der Waals surface area contributed by atoms with E-state index >= 15 is 0 Å². The van der Waals surface area contributed by atoms with Crippen molar-refractivity contribution in [1.82, 2.24) is 35.9 Å².